The Morgan fingerprint density at radius 1 is 0.944 bits per heavy atom. The third-order valence-electron chi connectivity index (χ3n) is 7.55. The molecule has 3 aromatic rings. The molecule has 0 aliphatic heterocycles. The van der Waals surface area contributed by atoms with Gasteiger partial charge in [-0.05, 0) is 64.9 Å². The molecule has 1 heterocycles. The molecule has 192 valence electrons. The topological polar surface area (TPSA) is 52.6 Å². The lowest BCUT2D eigenvalue weighted by Gasteiger charge is -2.41. The van der Waals surface area contributed by atoms with Crippen molar-refractivity contribution in [3.63, 3.8) is 0 Å². The van der Waals surface area contributed by atoms with E-state index in [1.807, 2.05) is 28.4 Å². The molecule has 2 N–H and O–H groups in total. The fourth-order valence-electron chi connectivity index (χ4n) is 5.56. The van der Waals surface area contributed by atoms with E-state index in [-0.39, 0.29) is 17.2 Å². The van der Waals surface area contributed by atoms with Crippen LogP contribution in [0.5, 0.6) is 5.75 Å². The van der Waals surface area contributed by atoms with Crippen molar-refractivity contribution in [3.8, 4) is 5.75 Å². The fraction of sp³-hybridized carbons (Fsp3) is 0.452. The molecule has 0 atom stereocenters. The van der Waals surface area contributed by atoms with E-state index in [1.54, 1.807) is 12.1 Å². The zero-order valence-corrected chi connectivity index (χ0v) is 22.9. The number of amides is 2. The quantitative estimate of drug-likeness (QED) is 0.322. The van der Waals surface area contributed by atoms with Crippen LogP contribution < -0.4 is 5.32 Å². The van der Waals surface area contributed by atoms with Crippen LogP contribution in [0.3, 0.4) is 0 Å². The van der Waals surface area contributed by atoms with E-state index in [4.69, 9.17) is 0 Å². The second kappa shape index (κ2) is 11.5. The number of phenolic OH excluding ortho intramolecular Hbond substituents is 1. The largest absolute Gasteiger partial charge is 0.508 e. The lowest BCUT2D eigenvalue weighted by Crippen LogP contribution is -2.46. The minimum atomic E-state index is -0.0559. The molecule has 0 bridgehead atoms. The molecule has 0 unspecified atom stereocenters. The van der Waals surface area contributed by atoms with Crippen molar-refractivity contribution in [1.82, 2.24) is 4.90 Å². The highest BCUT2D eigenvalue weighted by Crippen LogP contribution is 2.43. The standard InChI is InChI=1S/C31H40N2O2S/c1-22(2)26-10-8-11-27(23(3)4)29(26)32-30(35)33(20-24-13-15-25(34)16-14-24)21-31(17-6-5-7-18-31)28-12-9-19-36-28/h8-16,19,22-23,34H,5-7,17-18,20-21H2,1-4H3,(H,32,35). The van der Waals surface area contributed by atoms with Crippen molar-refractivity contribution in [1.29, 1.82) is 0 Å². The Labute approximate surface area is 220 Å². The van der Waals surface area contributed by atoms with Crippen LogP contribution in [-0.2, 0) is 12.0 Å². The number of nitrogens with one attached hydrogen (secondary N) is 1. The van der Waals surface area contributed by atoms with Gasteiger partial charge in [-0.2, -0.15) is 0 Å². The van der Waals surface area contributed by atoms with Gasteiger partial charge in [-0.15, -0.1) is 11.3 Å². The number of phenols is 1. The van der Waals surface area contributed by atoms with Crippen molar-refractivity contribution in [2.45, 2.75) is 83.6 Å². The molecule has 2 amide bonds. The number of hydrogen-bond acceptors (Lipinski definition) is 3. The molecule has 1 fully saturated rings. The summed E-state index contributed by atoms with van der Waals surface area (Å²) < 4.78 is 0. The van der Waals surface area contributed by atoms with E-state index < -0.39 is 0 Å². The van der Waals surface area contributed by atoms with E-state index in [0.717, 1.165) is 24.1 Å². The molecule has 1 aromatic heterocycles. The molecule has 1 saturated carbocycles. The molecule has 4 rings (SSSR count). The summed E-state index contributed by atoms with van der Waals surface area (Å²) in [6.45, 7) is 9.89. The first kappa shape index (κ1) is 26.3. The lowest BCUT2D eigenvalue weighted by atomic mass is 9.72. The van der Waals surface area contributed by atoms with Gasteiger partial charge in [-0.25, -0.2) is 4.79 Å². The first-order chi connectivity index (χ1) is 17.3. The second-order valence-electron chi connectivity index (χ2n) is 10.9. The van der Waals surface area contributed by atoms with E-state index in [0.29, 0.717) is 24.9 Å². The SMILES string of the molecule is CC(C)c1cccc(C(C)C)c1NC(=O)N(Cc1ccc(O)cc1)CC1(c2cccs2)CCCCC1. The van der Waals surface area contributed by atoms with Crippen molar-refractivity contribution in [2.75, 3.05) is 11.9 Å². The number of carbonyl (C=O) groups excluding carboxylic acids is 1. The van der Waals surface area contributed by atoms with Gasteiger partial charge in [0.1, 0.15) is 5.75 Å². The highest BCUT2D eigenvalue weighted by molar-refractivity contribution is 7.10. The maximum atomic E-state index is 14.1. The number of nitrogens with zero attached hydrogens (tertiary/aromatic N) is 1. The van der Waals surface area contributed by atoms with Crippen LogP contribution in [0, 0.1) is 0 Å². The molecule has 0 spiro atoms. The number of rotatable bonds is 8. The van der Waals surface area contributed by atoms with Gasteiger partial charge in [0.25, 0.3) is 0 Å². The van der Waals surface area contributed by atoms with Gasteiger partial charge in [0.15, 0.2) is 0 Å². The van der Waals surface area contributed by atoms with Gasteiger partial charge in [-0.3, -0.25) is 0 Å². The van der Waals surface area contributed by atoms with Crippen LogP contribution in [0.15, 0.2) is 60.0 Å². The Hall–Kier alpha value is -2.79. The minimum Gasteiger partial charge on any atom is -0.508 e. The summed E-state index contributed by atoms with van der Waals surface area (Å²) in [7, 11) is 0. The Morgan fingerprint density at radius 3 is 2.14 bits per heavy atom. The van der Waals surface area contributed by atoms with Crippen LogP contribution in [0.1, 0.15) is 93.2 Å². The van der Waals surface area contributed by atoms with Crippen molar-refractivity contribution in [2.24, 2.45) is 0 Å². The number of carbonyl (C=O) groups is 1. The summed E-state index contributed by atoms with van der Waals surface area (Å²) in [6.07, 6.45) is 5.86. The first-order valence-corrected chi connectivity index (χ1v) is 14.2. The highest BCUT2D eigenvalue weighted by Gasteiger charge is 2.38. The van der Waals surface area contributed by atoms with Crippen LogP contribution in [-0.4, -0.2) is 22.6 Å². The molecule has 4 nitrogen and oxygen atoms in total. The van der Waals surface area contributed by atoms with Crippen LogP contribution in [0.2, 0.25) is 0 Å². The second-order valence-corrected chi connectivity index (χ2v) is 11.8. The molecule has 36 heavy (non-hydrogen) atoms. The molecule has 0 saturated heterocycles. The van der Waals surface area contributed by atoms with Crippen molar-refractivity contribution in [3.05, 3.63) is 81.5 Å². The normalized spacial score (nSPS) is 15.3. The molecule has 2 aromatic carbocycles. The molecular formula is C31H40N2O2S. The van der Waals surface area contributed by atoms with Gasteiger partial charge >= 0.3 is 6.03 Å². The Morgan fingerprint density at radius 2 is 1.58 bits per heavy atom. The number of anilines is 1. The maximum absolute atomic E-state index is 14.1. The van der Waals surface area contributed by atoms with E-state index in [2.05, 4.69) is 68.7 Å². The summed E-state index contributed by atoms with van der Waals surface area (Å²) in [4.78, 5) is 17.5. The van der Waals surface area contributed by atoms with E-state index in [9.17, 15) is 9.90 Å². The summed E-state index contributed by atoms with van der Waals surface area (Å²) in [5, 5.41) is 15.3. The van der Waals surface area contributed by atoms with Crippen LogP contribution >= 0.6 is 11.3 Å². The summed E-state index contributed by atoms with van der Waals surface area (Å²) >= 11 is 1.82. The fourth-order valence-corrected chi connectivity index (χ4v) is 6.54. The highest BCUT2D eigenvalue weighted by atomic mass is 32.1. The van der Waals surface area contributed by atoms with Gasteiger partial charge in [-0.1, -0.05) is 83.4 Å². The Balaban J connectivity index is 1.70. The lowest BCUT2D eigenvalue weighted by molar-refractivity contribution is 0.171. The number of para-hydroxylation sites is 1. The molecule has 5 heteroatoms. The van der Waals surface area contributed by atoms with E-state index in [1.165, 1.54) is 35.3 Å². The monoisotopic (exact) mass is 504 g/mol. The number of hydrogen-bond donors (Lipinski definition) is 2. The molecule has 0 radical (unpaired) electrons. The number of urea groups is 1. The van der Waals surface area contributed by atoms with E-state index >= 15 is 0 Å². The maximum Gasteiger partial charge on any atom is 0.322 e. The summed E-state index contributed by atoms with van der Waals surface area (Å²) in [5.41, 5.74) is 4.30. The van der Waals surface area contributed by atoms with Gasteiger partial charge in [0.05, 0.1) is 0 Å². The summed E-state index contributed by atoms with van der Waals surface area (Å²) in [5.74, 6) is 0.852. The van der Waals surface area contributed by atoms with Gasteiger partial charge in [0.2, 0.25) is 0 Å². The Bertz CT molecular complexity index is 1100. The first-order valence-electron chi connectivity index (χ1n) is 13.3. The third kappa shape index (κ3) is 5.95. The minimum absolute atomic E-state index is 0.0148. The van der Waals surface area contributed by atoms with Gasteiger partial charge in [0, 0.05) is 29.1 Å². The smallest absolute Gasteiger partial charge is 0.322 e. The number of thiophene rings is 1. The van der Waals surface area contributed by atoms with Crippen LogP contribution in [0.4, 0.5) is 10.5 Å². The van der Waals surface area contributed by atoms with Crippen molar-refractivity contribution >= 4 is 23.1 Å². The van der Waals surface area contributed by atoms with Crippen molar-refractivity contribution < 1.29 is 9.90 Å². The van der Waals surface area contributed by atoms with Gasteiger partial charge < -0.3 is 15.3 Å². The molecular weight excluding hydrogens is 464 g/mol. The zero-order valence-electron chi connectivity index (χ0n) is 22.1. The predicted octanol–water partition coefficient (Wildman–Crippen LogP) is 8.64. The number of aromatic hydroxyl groups is 1. The average Bonchev–Trinajstić information content (AvgIpc) is 3.41. The average molecular weight is 505 g/mol. The number of benzene rings is 2. The predicted molar refractivity (Wildman–Crippen MR) is 151 cm³/mol. The molecule has 1 aliphatic rings. The molecule has 1 aliphatic carbocycles. The Kier molecular flexibility index (Phi) is 8.40. The van der Waals surface area contributed by atoms with Crippen LogP contribution in [0.25, 0.3) is 0 Å². The third-order valence-corrected chi connectivity index (χ3v) is 8.67. The zero-order chi connectivity index (χ0) is 25.7. The summed E-state index contributed by atoms with van der Waals surface area (Å²) in [6, 6.07) is 17.9.